The summed E-state index contributed by atoms with van der Waals surface area (Å²) >= 11 is 3.44. The summed E-state index contributed by atoms with van der Waals surface area (Å²) in [5, 5.41) is 2.11. The number of hydrogen-bond acceptors (Lipinski definition) is 2. The highest BCUT2D eigenvalue weighted by Crippen LogP contribution is 2.24. The second-order valence-corrected chi connectivity index (χ2v) is 5.83. The predicted octanol–water partition coefficient (Wildman–Crippen LogP) is 5.24. The van der Waals surface area contributed by atoms with Crippen molar-refractivity contribution >= 4 is 38.5 Å². The van der Waals surface area contributed by atoms with Gasteiger partial charge in [0.1, 0.15) is 5.75 Å². The second-order valence-electron chi connectivity index (χ2n) is 4.92. The molecule has 0 fully saturated rings. The van der Waals surface area contributed by atoms with E-state index in [-0.39, 0.29) is 0 Å². The highest BCUT2D eigenvalue weighted by atomic mass is 79.9. The Morgan fingerprint density at radius 1 is 0.955 bits per heavy atom. The molecule has 0 radical (unpaired) electrons. The van der Waals surface area contributed by atoms with E-state index >= 15 is 0 Å². The van der Waals surface area contributed by atoms with Gasteiger partial charge in [-0.3, -0.25) is 4.90 Å². The monoisotopic (exact) mass is 355 g/mol. The van der Waals surface area contributed by atoms with Crippen molar-refractivity contribution in [3.05, 3.63) is 71.2 Å². The lowest BCUT2D eigenvalue weighted by Crippen LogP contribution is -2.29. The summed E-state index contributed by atoms with van der Waals surface area (Å²) in [6.07, 6.45) is -0.414. The molecule has 4 heteroatoms. The van der Waals surface area contributed by atoms with Gasteiger partial charge in [-0.05, 0) is 47.2 Å². The van der Waals surface area contributed by atoms with Crippen molar-refractivity contribution in [3.63, 3.8) is 0 Å². The van der Waals surface area contributed by atoms with Gasteiger partial charge in [-0.1, -0.05) is 46.3 Å². The first kappa shape index (κ1) is 14.6. The van der Waals surface area contributed by atoms with Crippen molar-refractivity contribution in [2.75, 3.05) is 11.9 Å². The van der Waals surface area contributed by atoms with E-state index in [2.05, 4.69) is 15.9 Å². The molecule has 0 N–H and O–H groups in total. The number of carbonyl (C=O) groups excluding carboxylic acids is 1. The van der Waals surface area contributed by atoms with E-state index < -0.39 is 6.09 Å². The number of carbonyl (C=O) groups is 1. The Balaban J connectivity index is 1.80. The molecule has 110 valence electrons. The quantitative estimate of drug-likeness (QED) is 0.629. The molecule has 0 spiro atoms. The van der Waals surface area contributed by atoms with Gasteiger partial charge in [0.15, 0.2) is 0 Å². The molecule has 0 aliphatic rings. The van der Waals surface area contributed by atoms with Crippen LogP contribution in [0.4, 0.5) is 10.5 Å². The molecule has 22 heavy (non-hydrogen) atoms. The standard InChI is InChI=1S/C18H14BrNO2/c1-20(16-5-3-2-4-6-16)18(21)22-17-10-8-13-11-15(19)9-7-14(13)12-17/h2-12H,1H3. The molecular formula is C18H14BrNO2. The molecule has 1 amide bonds. The van der Waals surface area contributed by atoms with Crippen LogP contribution in [-0.4, -0.2) is 13.1 Å². The molecule has 0 saturated carbocycles. The van der Waals surface area contributed by atoms with Crippen molar-refractivity contribution in [1.29, 1.82) is 0 Å². The van der Waals surface area contributed by atoms with Gasteiger partial charge < -0.3 is 4.74 Å². The lowest BCUT2D eigenvalue weighted by molar-refractivity contribution is 0.209. The normalized spacial score (nSPS) is 10.5. The van der Waals surface area contributed by atoms with Gasteiger partial charge in [-0.2, -0.15) is 0 Å². The van der Waals surface area contributed by atoms with Crippen LogP contribution in [0.2, 0.25) is 0 Å². The van der Waals surface area contributed by atoms with Crippen molar-refractivity contribution in [1.82, 2.24) is 0 Å². The van der Waals surface area contributed by atoms with Gasteiger partial charge in [0, 0.05) is 17.2 Å². The fourth-order valence-electron chi connectivity index (χ4n) is 2.18. The SMILES string of the molecule is CN(C(=O)Oc1ccc2cc(Br)ccc2c1)c1ccccc1. The summed E-state index contributed by atoms with van der Waals surface area (Å²) in [7, 11) is 1.69. The molecule has 3 nitrogen and oxygen atoms in total. The highest BCUT2D eigenvalue weighted by Gasteiger charge is 2.13. The Labute approximate surface area is 137 Å². The molecule has 0 saturated heterocycles. The Morgan fingerprint density at radius 2 is 1.64 bits per heavy atom. The zero-order valence-corrected chi connectivity index (χ0v) is 13.6. The first-order valence-corrected chi connectivity index (χ1v) is 7.63. The van der Waals surface area contributed by atoms with Gasteiger partial charge in [0.25, 0.3) is 0 Å². The molecule has 0 heterocycles. The molecule has 3 aromatic carbocycles. The zero-order chi connectivity index (χ0) is 15.5. The van der Waals surface area contributed by atoms with Gasteiger partial charge in [-0.25, -0.2) is 4.79 Å². The van der Waals surface area contributed by atoms with Crippen molar-refractivity contribution in [3.8, 4) is 5.75 Å². The third-order valence-electron chi connectivity index (χ3n) is 3.40. The largest absolute Gasteiger partial charge is 0.419 e. The zero-order valence-electron chi connectivity index (χ0n) is 12.0. The lowest BCUT2D eigenvalue weighted by Gasteiger charge is -2.16. The lowest BCUT2D eigenvalue weighted by atomic mass is 10.1. The van der Waals surface area contributed by atoms with E-state index in [0.29, 0.717) is 5.75 Å². The molecule has 3 aromatic rings. The third-order valence-corrected chi connectivity index (χ3v) is 3.89. The minimum absolute atomic E-state index is 0.414. The number of amides is 1. The molecule has 0 aromatic heterocycles. The second kappa shape index (κ2) is 6.20. The summed E-state index contributed by atoms with van der Waals surface area (Å²) in [6.45, 7) is 0. The van der Waals surface area contributed by atoms with E-state index in [4.69, 9.17) is 4.74 Å². The number of fused-ring (bicyclic) bond motifs is 1. The molecule has 0 aliphatic heterocycles. The smallest absolute Gasteiger partial charge is 0.410 e. The van der Waals surface area contributed by atoms with Crippen LogP contribution >= 0.6 is 15.9 Å². The van der Waals surface area contributed by atoms with E-state index in [0.717, 1.165) is 20.9 Å². The summed E-state index contributed by atoms with van der Waals surface area (Å²) in [5.74, 6) is 0.530. The summed E-state index contributed by atoms with van der Waals surface area (Å²) in [5.41, 5.74) is 0.789. The van der Waals surface area contributed by atoms with Crippen LogP contribution in [0.5, 0.6) is 5.75 Å². The molecule has 0 atom stereocenters. The van der Waals surface area contributed by atoms with Crippen molar-refractivity contribution in [2.24, 2.45) is 0 Å². The molecule has 0 bridgehead atoms. The summed E-state index contributed by atoms with van der Waals surface area (Å²) in [6, 6.07) is 21.0. The molecular weight excluding hydrogens is 342 g/mol. The number of benzene rings is 3. The van der Waals surface area contributed by atoms with E-state index in [1.165, 1.54) is 4.90 Å². The van der Waals surface area contributed by atoms with Crippen LogP contribution in [0.1, 0.15) is 0 Å². The number of para-hydroxylation sites is 1. The Bertz CT molecular complexity index is 818. The number of hydrogen-bond donors (Lipinski definition) is 0. The minimum atomic E-state index is -0.414. The third kappa shape index (κ3) is 3.12. The van der Waals surface area contributed by atoms with Gasteiger partial charge in [0.2, 0.25) is 0 Å². The number of halogens is 1. The van der Waals surface area contributed by atoms with Gasteiger partial charge >= 0.3 is 6.09 Å². The highest BCUT2D eigenvalue weighted by molar-refractivity contribution is 9.10. The number of rotatable bonds is 2. The maximum Gasteiger partial charge on any atom is 0.419 e. The van der Waals surface area contributed by atoms with Gasteiger partial charge in [-0.15, -0.1) is 0 Å². The summed E-state index contributed by atoms with van der Waals surface area (Å²) < 4.78 is 6.47. The van der Waals surface area contributed by atoms with E-state index in [1.807, 2.05) is 60.7 Å². The molecule has 0 aliphatic carbocycles. The fourth-order valence-corrected chi connectivity index (χ4v) is 2.56. The van der Waals surface area contributed by atoms with Crippen LogP contribution in [0, 0.1) is 0 Å². The Hall–Kier alpha value is -2.33. The van der Waals surface area contributed by atoms with Crippen molar-refractivity contribution in [2.45, 2.75) is 0 Å². The average Bonchev–Trinajstić information content (AvgIpc) is 2.55. The van der Waals surface area contributed by atoms with Crippen LogP contribution in [-0.2, 0) is 0 Å². The fraction of sp³-hybridized carbons (Fsp3) is 0.0556. The van der Waals surface area contributed by atoms with Crippen LogP contribution in [0.15, 0.2) is 71.2 Å². The van der Waals surface area contributed by atoms with Crippen LogP contribution in [0.25, 0.3) is 10.8 Å². The Kier molecular flexibility index (Phi) is 4.11. The maximum atomic E-state index is 12.2. The van der Waals surface area contributed by atoms with Crippen LogP contribution in [0.3, 0.4) is 0 Å². The van der Waals surface area contributed by atoms with E-state index in [9.17, 15) is 4.79 Å². The maximum absolute atomic E-state index is 12.2. The van der Waals surface area contributed by atoms with Gasteiger partial charge in [0.05, 0.1) is 0 Å². The molecule has 3 rings (SSSR count). The first-order valence-electron chi connectivity index (χ1n) is 6.83. The van der Waals surface area contributed by atoms with Crippen molar-refractivity contribution < 1.29 is 9.53 Å². The topological polar surface area (TPSA) is 29.5 Å². The average molecular weight is 356 g/mol. The number of anilines is 1. The minimum Gasteiger partial charge on any atom is -0.410 e. The number of nitrogens with zero attached hydrogens (tertiary/aromatic N) is 1. The predicted molar refractivity (Wildman–Crippen MR) is 92.5 cm³/mol. The Morgan fingerprint density at radius 3 is 2.41 bits per heavy atom. The number of ether oxygens (including phenoxy) is 1. The first-order chi connectivity index (χ1) is 10.6. The van der Waals surface area contributed by atoms with E-state index in [1.54, 1.807) is 13.1 Å². The van der Waals surface area contributed by atoms with Crippen LogP contribution < -0.4 is 9.64 Å². The summed E-state index contributed by atoms with van der Waals surface area (Å²) in [4.78, 5) is 13.7. The molecule has 0 unspecified atom stereocenters.